The monoisotopic (exact) mass is 560 g/mol. The van der Waals surface area contributed by atoms with Crippen molar-refractivity contribution >= 4 is 22.8 Å². The minimum Gasteiger partial charge on any atom is -0.496 e. The highest BCUT2D eigenvalue weighted by Gasteiger charge is 2.27. The molecule has 2 saturated heterocycles. The van der Waals surface area contributed by atoms with Crippen LogP contribution >= 0.6 is 0 Å². The molecule has 220 valence electrons. The topological polar surface area (TPSA) is 84.9 Å². The van der Waals surface area contributed by atoms with Crippen molar-refractivity contribution in [2.24, 2.45) is 5.92 Å². The molecule has 0 amide bonds. The molecule has 2 atom stereocenters. The van der Waals surface area contributed by atoms with Crippen LogP contribution in [0.15, 0.2) is 30.3 Å². The standard InChI is InChI=1S/C32H44N6O3/c1-21-5-8-26(9-6-21)33-18-25-17-24(7-12-29(25)39-4)28-11-10-27-30(34-28)35-32(38-14-16-41-20-23(38)3)36-31(27)37-13-15-40-19-22(37)2/h7,10-12,17,21-23,26,33H,5-6,8-9,13-16,18-20H2,1-4H3/t21?,22?,23-,26?/m0/s1. The minimum absolute atomic E-state index is 0.198. The summed E-state index contributed by atoms with van der Waals surface area (Å²) in [7, 11) is 1.74. The maximum Gasteiger partial charge on any atom is 0.229 e. The summed E-state index contributed by atoms with van der Waals surface area (Å²) in [4.78, 5) is 19.9. The smallest absolute Gasteiger partial charge is 0.229 e. The van der Waals surface area contributed by atoms with Crippen LogP contribution in [0.25, 0.3) is 22.3 Å². The molecule has 41 heavy (non-hydrogen) atoms. The number of nitrogens with zero attached hydrogens (tertiary/aromatic N) is 5. The Balaban J connectivity index is 1.35. The fourth-order valence-corrected chi connectivity index (χ4v) is 6.35. The number of hydrogen-bond acceptors (Lipinski definition) is 9. The molecule has 0 bridgehead atoms. The average Bonchev–Trinajstić information content (AvgIpc) is 3.00. The van der Waals surface area contributed by atoms with E-state index in [9.17, 15) is 0 Å². The van der Waals surface area contributed by atoms with E-state index in [1.54, 1.807) is 7.11 Å². The van der Waals surface area contributed by atoms with Gasteiger partial charge in [0.2, 0.25) is 5.95 Å². The van der Waals surface area contributed by atoms with Gasteiger partial charge in [-0.3, -0.25) is 0 Å². The summed E-state index contributed by atoms with van der Waals surface area (Å²) in [6.45, 7) is 11.8. The Morgan fingerprint density at radius 3 is 2.32 bits per heavy atom. The molecule has 1 aliphatic carbocycles. The van der Waals surface area contributed by atoms with Crippen LogP contribution in [0.3, 0.4) is 0 Å². The third-order valence-corrected chi connectivity index (χ3v) is 8.97. The average molecular weight is 561 g/mol. The van der Waals surface area contributed by atoms with Crippen molar-refractivity contribution in [3.63, 3.8) is 0 Å². The van der Waals surface area contributed by atoms with Crippen molar-refractivity contribution in [2.75, 3.05) is 56.4 Å². The lowest BCUT2D eigenvalue weighted by atomic mass is 9.87. The van der Waals surface area contributed by atoms with Crippen LogP contribution < -0.4 is 19.9 Å². The van der Waals surface area contributed by atoms with Gasteiger partial charge in [0.05, 0.1) is 56.7 Å². The normalized spacial score (nSPS) is 25.5. The lowest BCUT2D eigenvalue weighted by Gasteiger charge is -2.37. The SMILES string of the molecule is COc1ccc(-c2ccc3c(N4CCOCC4C)nc(N4CCOC[C@@H]4C)nc3n2)cc1CNC1CCC(C)CC1. The molecule has 1 unspecified atom stereocenters. The zero-order valence-corrected chi connectivity index (χ0v) is 24.9. The Labute approximate surface area is 243 Å². The Kier molecular flexibility index (Phi) is 8.55. The number of pyridine rings is 1. The molecule has 0 spiro atoms. The minimum atomic E-state index is 0.198. The second-order valence-corrected chi connectivity index (χ2v) is 12.0. The molecule has 4 heterocycles. The first-order valence-electron chi connectivity index (χ1n) is 15.3. The number of fused-ring (bicyclic) bond motifs is 1. The van der Waals surface area contributed by atoms with Gasteiger partial charge >= 0.3 is 0 Å². The van der Waals surface area contributed by atoms with Crippen LogP contribution in [-0.4, -0.2) is 79.7 Å². The molecule has 1 saturated carbocycles. The lowest BCUT2D eigenvalue weighted by molar-refractivity contribution is 0.0973. The molecule has 9 nitrogen and oxygen atoms in total. The van der Waals surface area contributed by atoms with Crippen LogP contribution in [0.2, 0.25) is 0 Å². The third-order valence-electron chi connectivity index (χ3n) is 8.97. The van der Waals surface area contributed by atoms with Crippen molar-refractivity contribution in [1.29, 1.82) is 0 Å². The first-order chi connectivity index (χ1) is 20.0. The predicted octanol–water partition coefficient (Wildman–Crippen LogP) is 4.82. The molecule has 3 aromatic rings. The number of hydrogen-bond donors (Lipinski definition) is 1. The molecule has 9 heteroatoms. The van der Waals surface area contributed by atoms with E-state index in [0.717, 1.165) is 59.3 Å². The van der Waals surface area contributed by atoms with E-state index in [2.05, 4.69) is 66.2 Å². The van der Waals surface area contributed by atoms with E-state index in [4.69, 9.17) is 29.2 Å². The highest BCUT2D eigenvalue weighted by atomic mass is 16.5. The van der Waals surface area contributed by atoms with Crippen molar-refractivity contribution in [1.82, 2.24) is 20.3 Å². The van der Waals surface area contributed by atoms with Gasteiger partial charge in [-0.1, -0.05) is 6.92 Å². The van der Waals surface area contributed by atoms with Crippen LogP contribution in [0, 0.1) is 5.92 Å². The van der Waals surface area contributed by atoms with Crippen molar-refractivity contribution in [2.45, 2.75) is 71.1 Å². The third kappa shape index (κ3) is 6.12. The zero-order chi connectivity index (χ0) is 28.3. The Morgan fingerprint density at radius 2 is 1.61 bits per heavy atom. The molecule has 2 aromatic heterocycles. The summed E-state index contributed by atoms with van der Waals surface area (Å²) >= 11 is 0. The number of nitrogens with one attached hydrogen (secondary N) is 1. The molecule has 2 aliphatic heterocycles. The molecular weight excluding hydrogens is 516 g/mol. The fraction of sp³-hybridized carbons (Fsp3) is 0.594. The number of aromatic nitrogens is 3. The van der Waals surface area contributed by atoms with Gasteiger partial charge in [0, 0.05) is 36.8 Å². The van der Waals surface area contributed by atoms with Gasteiger partial charge in [-0.15, -0.1) is 0 Å². The van der Waals surface area contributed by atoms with Crippen LogP contribution in [0.1, 0.15) is 52.0 Å². The Bertz CT molecular complexity index is 1340. The maximum atomic E-state index is 5.74. The van der Waals surface area contributed by atoms with E-state index in [-0.39, 0.29) is 12.1 Å². The summed E-state index contributed by atoms with van der Waals surface area (Å²) in [5.41, 5.74) is 3.82. The summed E-state index contributed by atoms with van der Waals surface area (Å²) in [5.74, 6) is 3.39. The number of ether oxygens (including phenoxy) is 3. The summed E-state index contributed by atoms with van der Waals surface area (Å²) in [6, 6.07) is 11.6. The number of benzene rings is 1. The van der Waals surface area contributed by atoms with Gasteiger partial charge in [0.1, 0.15) is 11.6 Å². The van der Waals surface area contributed by atoms with E-state index >= 15 is 0 Å². The second kappa shape index (κ2) is 12.5. The highest BCUT2D eigenvalue weighted by molar-refractivity contribution is 5.90. The molecule has 1 N–H and O–H groups in total. The van der Waals surface area contributed by atoms with Gasteiger partial charge in [0.25, 0.3) is 0 Å². The lowest BCUT2D eigenvalue weighted by Crippen LogP contribution is -2.46. The second-order valence-electron chi connectivity index (χ2n) is 12.0. The first kappa shape index (κ1) is 28.1. The molecular formula is C32H44N6O3. The fourth-order valence-electron chi connectivity index (χ4n) is 6.35. The Morgan fingerprint density at radius 1 is 0.878 bits per heavy atom. The van der Waals surface area contributed by atoms with Crippen molar-refractivity contribution < 1.29 is 14.2 Å². The van der Waals surface area contributed by atoms with E-state index in [1.807, 2.05) is 0 Å². The summed E-state index contributed by atoms with van der Waals surface area (Å²) < 4.78 is 17.2. The van der Waals surface area contributed by atoms with Gasteiger partial charge < -0.3 is 29.3 Å². The van der Waals surface area contributed by atoms with E-state index < -0.39 is 0 Å². The Hall–Kier alpha value is -3.01. The molecule has 3 aliphatic rings. The van der Waals surface area contributed by atoms with Crippen molar-refractivity contribution in [3.05, 3.63) is 35.9 Å². The number of morpholine rings is 2. The molecule has 3 fully saturated rings. The number of rotatable bonds is 7. The van der Waals surface area contributed by atoms with Crippen LogP contribution in [0.4, 0.5) is 11.8 Å². The highest BCUT2D eigenvalue weighted by Crippen LogP contribution is 2.33. The van der Waals surface area contributed by atoms with Crippen LogP contribution in [0.5, 0.6) is 5.75 Å². The quantitative estimate of drug-likeness (QED) is 0.437. The number of anilines is 2. The van der Waals surface area contributed by atoms with E-state index in [1.165, 1.54) is 25.7 Å². The summed E-state index contributed by atoms with van der Waals surface area (Å²) in [5, 5.41) is 4.75. The predicted molar refractivity (Wildman–Crippen MR) is 163 cm³/mol. The number of methoxy groups -OCH3 is 1. The van der Waals surface area contributed by atoms with Crippen molar-refractivity contribution in [3.8, 4) is 17.0 Å². The first-order valence-corrected chi connectivity index (χ1v) is 15.3. The molecule has 6 rings (SSSR count). The molecule has 0 radical (unpaired) electrons. The van der Waals surface area contributed by atoms with E-state index in [0.29, 0.717) is 44.1 Å². The largest absolute Gasteiger partial charge is 0.496 e. The van der Waals surface area contributed by atoms with Gasteiger partial charge in [-0.25, -0.2) is 4.98 Å². The van der Waals surface area contributed by atoms with Crippen LogP contribution in [-0.2, 0) is 16.0 Å². The van der Waals surface area contributed by atoms with Gasteiger partial charge in [-0.2, -0.15) is 9.97 Å². The molecule has 1 aromatic carbocycles. The maximum absolute atomic E-state index is 5.74. The van der Waals surface area contributed by atoms with Gasteiger partial charge in [0.15, 0.2) is 5.65 Å². The zero-order valence-electron chi connectivity index (χ0n) is 24.9. The summed E-state index contributed by atoms with van der Waals surface area (Å²) in [6.07, 6.45) is 5.08. The van der Waals surface area contributed by atoms with Gasteiger partial charge in [-0.05, 0) is 75.8 Å².